The van der Waals surface area contributed by atoms with Crippen LogP contribution in [0.15, 0.2) is 29.2 Å². The van der Waals surface area contributed by atoms with Gasteiger partial charge in [-0.1, -0.05) is 18.2 Å². The zero-order valence-electron chi connectivity index (χ0n) is 13.7. The summed E-state index contributed by atoms with van der Waals surface area (Å²) >= 11 is 0. The predicted molar refractivity (Wildman–Crippen MR) is 87.3 cm³/mol. The number of rotatable bonds is 3. The molecule has 0 saturated carbocycles. The first-order chi connectivity index (χ1) is 11.3. The summed E-state index contributed by atoms with van der Waals surface area (Å²) in [4.78, 5) is 12.7. The van der Waals surface area contributed by atoms with Crippen molar-refractivity contribution in [2.45, 2.75) is 31.1 Å². The van der Waals surface area contributed by atoms with Gasteiger partial charge in [0.2, 0.25) is 5.91 Å². The van der Waals surface area contributed by atoms with Crippen LogP contribution in [0.4, 0.5) is 0 Å². The van der Waals surface area contributed by atoms with Crippen molar-refractivity contribution in [3.63, 3.8) is 0 Å². The lowest BCUT2D eigenvalue weighted by Crippen LogP contribution is -2.37. The second-order valence-electron chi connectivity index (χ2n) is 5.82. The quantitative estimate of drug-likeness (QED) is 0.905. The smallest absolute Gasteiger partial charge is 0.267 e. The minimum Gasteiger partial charge on any atom is -0.493 e. The monoisotopic (exact) mass is 349 g/mol. The van der Waals surface area contributed by atoms with E-state index in [1.165, 1.54) is 4.68 Å². The second kappa shape index (κ2) is 5.94. The number of nitrogens with one attached hydrogen (secondary N) is 1. The van der Waals surface area contributed by atoms with Crippen LogP contribution in [0.1, 0.15) is 29.3 Å². The van der Waals surface area contributed by atoms with E-state index < -0.39 is 21.8 Å². The fourth-order valence-corrected chi connectivity index (χ4v) is 4.47. The Hall–Kier alpha value is -2.35. The predicted octanol–water partition coefficient (Wildman–Crippen LogP) is 1.41. The number of benzene rings is 1. The fraction of sp³-hybridized carbons (Fsp3) is 0.375. The molecule has 1 amide bonds. The van der Waals surface area contributed by atoms with Crippen molar-refractivity contribution in [2.75, 3.05) is 6.61 Å². The Morgan fingerprint density at radius 3 is 2.71 bits per heavy atom. The molecule has 24 heavy (non-hydrogen) atoms. The maximum absolute atomic E-state index is 12.6. The van der Waals surface area contributed by atoms with Gasteiger partial charge in [0.15, 0.2) is 0 Å². The SMILES string of the molecule is Cc1nn(C)c(C)c1S(=O)(=O)NC(=O)[C@@H]1CCOc2ccccc21. The molecule has 1 atom stereocenters. The van der Waals surface area contributed by atoms with Crippen LogP contribution in [-0.4, -0.2) is 30.7 Å². The molecule has 0 unspecified atom stereocenters. The first-order valence-corrected chi connectivity index (χ1v) is 9.08. The summed E-state index contributed by atoms with van der Waals surface area (Å²) in [6.45, 7) is 3.64. The highest BCUT2D eigenvalue weighted by molar-refractivity contribution is 7.90. The Kier molecular flexibility index (Phi) is 4.08. The number of amides is 1. The molecule has 0 bridgehead atoms. The van der Waals surface area contributed by atoms with E-state index in [-0.39, 0.29) is 4.90 Å². The zero-order chi connectivity index (χ0) is 17.5. The van der Waals surface area contributed by atoms with Gasteiger partial charge in [-0.2, -0.15) is 5.10 Å². The molecule has 0 saturated heterocycles. The number of para-hydroxylation sites is 1. The highest BCUT2D eigenvalue weighted by atomic mass is 32.2. The van der Waals surface area contributed by atoms with Gasteiger partial charge in [-0.3, -0.25) is 9.48 Å². The molecule has 3 rings (SSSR count). The summed E-state index contributed by atoms with van der Waals surface area (Å²) < 4.78 is 34.5. The number of aryl methyl sites for hydroxylation is 2. The third-order valence-electron chi connectivity index (χ3n) is 4.22. The van der Waals surface area contributed by atoms with Crippen molar-refractivity contribution < 1.29 is 17.9 Å². The van der Waals surface area contributed by atoms with Crippen molar-refractivity contribution in [1.82, 2.24) is 14.5 Å². The van der Waals surface area contributed by atoms with Crippen LogP contribution in [0.2, 0.25) is 0 Å². The van der Waals surface area contributed by atoms with Gasteiger partial charge in [0.1, 0.15) is 10.6 Å². The summed E-state index contributed by atoms with van der Waals surface area (Å²) in [5.74, 6) is -0.481. The molecule has 1 aromatic heterocycles. The van der Waals surface area contributed by atoms with E-state index in [1.807, 2.05) is 6.07 Å². The van der Waals surface area contributed by atoms with Gasteiger partial charge < -0.3 is 4.74 Å². The van der Waals surface area contributed by atoms with E-state index in [0.717, 1.165) is 0 Å². The number of hydrogen-bond donors (Lipinski definition) is 1. The Labute approximate surface area is 140 Å². The van der Waals surface area contributed by atoms with Crippen LogP contribution < -0.4 is 9.46 Å². The maximum Gasteiger partial charge on any atom is 0.267 e. The number of carbonyl (C=O) groups excluding carboxylic acids is 1. The number of nitrogens with zero attached hydrogens (tertiary/aromatic N) is 2. The Bertz CT molecular complexity index is 902. The average molecular weight is 349 g/mol. The van der Waals surface area contributed by atoms with Crippen molar-refractivity contribution >= 4 is 15.9 Å². The third kappa shape index (κ3) is 2.77. The number of sulfonamides is 1. The molecule has 0 spiro atoms. The Balaban J connectivity index is 1.90. The second-order valence-corrected chi connectivity index (χ2v) is 7.44. The van der Waals surface area contributed by atoms with E-state index >= 15 is 0 Å². The number of ether oxygens (including phenoxy) is 1. The topological polar surface area (TPSA) is 90.3 Å². The molecule has 0 radical (unpaired) electrons. The van der Waals surface area contributed by atoms with Crippen LogP contribution in [0.25, 0.3) is 0 Å². The molecule has 0 aliphatic carbocycles. The highest BCUT2D eigenvalue weighted by Gasteiger charge is 2.32. The molecular formula is C16H19N3O4S. The van der Waals surface area contributed by atoms with E-state index in [1.54, 1.807) is 39.1 Å². The lowest BCUT2D eigenvalue weighted by atomic mass is 9.93. The molecule has 0 fully saturated rings. The van der Waals surface area contributed by atoms with Crippen molar-refractivity contribution in [1.29, 1.82) is 0 Å². The fourth-order valence-electron chi connectivity index (χ4n) is 3.01. The van der Waals surface area contributed by atoms with Gasteiger partial charge in [-0.05, 0) is 26.3 Å². The maximum atomic E-state index is 12.6. The summed E-state index contributed by atoms with van der Waals surface area (Å²) in [6, 6.07) is 7.18. The van der Waals surface area contributed by atoms with Crippen molar-refractivity contribution in [2.24, 2.45) is 7.05 Å². The molecule has 2 heterocycles. The van der Waals surface area contributed by atoms with E-state index in [0.29, 0.717) is 35.7 Å². The first-order valence-electron chi connectivity index (χ1n) is 7.60. The largest absolute Gasteiger partial charge is 0.493 e. The van der Waals surface area contributed by atoms with Crippen molar-refractivity contribution in [3.8, 4) is 5.75 Å². The third-order valence-corrected chi connectivity index (χ3v) is 5.82. The summed E-state index contributed by atoms with van der Waals surface area (Å²) in [5.41, 5.74) is 1.55. The van der Waals surface area contributed by atoms with E-state index in [4.69, 9.17) is 4.74 Å². The van der Waals surface area contributed by atoms with Gasteiger partial charge in [0, 0.05) is 12.6 Å². The average Bonchev–Trinajstić information content (AvgIpc) is 2.79. The van der Waals surface area contributed by atoms with E-state index in [2.05, 4.69) is 9.82 Å². The minimum absolute atomic E-state index is 0.0543. The number of fused-ring (bicyclic) bond motifs is 1. The van der Waals surface area contributed by atoms with Crippen LogP contribution in [-0.2, 0) is 21.9 Å². The lowest BCUT2D eigenvalue weighted by Gasteiger charge is -2.24. The molecule has 1 N–H and O–H groups in total. The first kappa shape index (κ1) is 16.5. The minimum atomic E-state index is -3.98. The normalized spacial score (nSPS) is 17.0. The molecule has 7 nitrogen and oxygen atoms in total. The molecule has 1 aliphatic heterocycles. The highest BCUT2D eigenvalue weighted by Crippen LogP contribution is 2.33. The van der Waals surface area contributed by atoms with Crippen LogP contribution in [0.5, 0.6) is 5.75 Å². The summed E-state index contributed by atoms with van der Waals surface area (Å²) in [7, 11) is -2.31. The number of carbonyl (C=O) groups is 1. The molecule has 1 aliphatic rings. The van der Waals surface area contributed by atoms with E-state index in [9.17, 15) is 13.2 Å². The number of aromatic nitrogens is 2. The lowest BCUT2D eigenvalue weighted by molar-refractivity contribution is -0.121. The number of hydrogen-bond acceptors (Lipinski definition) is 5. The Morgan fingerprint density at radius 2 is 2.04 bits per heavy atom. The molecule has 2 aromatic rings. The summed E-state index contributed by atoms with van der Waals surface area (Å²) in [5, 5.41) is 4.10. The zero-order valence-corrected chi connectivity index (χ0v) is 14.6. The van der Waals surface area contributed by atoms with Gasteiger partial charge >= 0.3 is 0 Å². The van der Waals surface area contributed by atoms with Crippen molar-refractivity contribution in [3.05, 3.63) is 41.2 Å². The van der Waals surface area contributed by atoms with Crippen LogP contribution >= 0.6 is 0 Å². The standard InChI is InChI=1S/C16H19N3O4S/c1-10-15(11(2)19(3)17-10)24(21,22)18-16(20)13-8-9-23-14-7-5-4-6-12(13)14/h4-7,13H,8-9H2,1-3H3,(H,18,20)/t13-/m1/s1. The van der Waals surface area contributed by atoms with Crippen LogP contribution in [0.3, 0.4) is 0 Å². The van der Waals surface area contributed by atoms with Crippen LogP contribution in [0, 0.1) is 13.8 Å². The van der Waals surface area contributed by atoms with Gasteiger partial charge in [-0.15, -0.1) is 0 Å². The Morgan fingerprint density at radius 1 is 1.33 bits per heavy atom. The molecule has 1 aromatic carbocycles. The van der Waals surface area contributed by atoms with Gasteiger partial charge in [-0.25, -0.2) is 13.1 Å². The molecule has 128 valence electrons. The van der Waals surface area contributed by atoms with Gasteiger partial charge in [0.05, 0.1) is 23.9 Å². The molecule has 8 heteroatoms. The van der Waals surface area contributed by atoms with Gasteiger partial charge in [0.25, 0.3) is 10.0 Å². The molecular weight excluding hydrogens is 330 g/mol. The summed E-state index contributed by atoms with van der Waals surface area (Å²) in [6.07, 6.45) is 0.434.